The number of hydrogen-bond acceptors (Lipinski definition) is 4. The molecule has 1 heterocycles. The van der Waals surface area contributed by atoms with E-state index in [0.717, 1.165) is 51.6 Å². The first-order valence-corrected chi connectivity index (χ1v) is 10.1. The molecule has 1 aliphatic heterocycles. The van der Waals surface area contributed by atoms with Gasteiger partial charge in [0.15, 0.2) is 0 Å². The van der Waals surface area contributed by atoms with E-state index < -0.39 is 0 Å². The highest BCUT2D eigenvalue weighted by atomic mass is 16.5. The van der Waals surface area contributed by atoms with E-state index in [1.807, 2.05) is 0 Å². The van der Waals surface area contributed by atoms with E-state index in [4.69, 9.17) is 4.74 Å². The number of nitrogens with zero attached hydrogens (tertiary/aromatic N) is 2. The lowest BCUT2D eigenvalue weighted by Gasteiger charge is -2.39. The minimum absolute atomic E-state index is 0.252. The Morgan fingerprint density at radius 1 is 1.12 bits per heavy atom. The number of aliphatic hydroxyl groups is 1. The first-order chi connectivity index (χ1) is 11.4. The van der Waals surface area contributed by atoms with Crippen LogP contribution in [0.2, 0.25) is 0 Å². The smallest absolute Gasteiger partial charge is 0.0689 e. The molecule has 2 aliphatic carbocycles. The molecule has 0 aromatic carbocycles. The minimum Gasteiger partial charge on any atom is -0.392 e. The summed E-state index contributed by atoms with van der Waals surface area (Å²) < 4.78 is 6.28. The van der Waals surface area contributed by atoms with E-state index in [-0.39, 0.29) is 6.10 Å². The summed E-state index contributed by atoms with van der Waals surface area (Å²) in [5.74, 6) is 0.826. The number of fused-ring (bicyclic) bond motifs is 2. The molecule has 1 saturated heterocycles. The molecule has 0 spiro atoms. The molecule has 0 aromatic rings. The van der Waals surface area contributed by atoms with Crippen molar-refractivity contribution in [1.29, 1.82) is 0 Å². The van der Waals surface area contributed by atoms with Crippen molar-refractivity contribution in [3.63, 3.8) is 0 Å². The van der Waals surface area contributed by atoms with Crippen LogP contribution in [0.1, 0.15) is 53.4 Å². The van der Waals surface area contributed by atoms with Gasteiger partial charge in [-0.25, -0.2) is 0 Å². The summed E-state index contributed by atoms with van der Waals surface area (Å²) in [5, 5.41) is 10.4. The summed E-state index contributed by atoms with van der Waals surface area (Å²) in [6, 6.07) is 0. The van der Waals surface area contributed by atoms with E-state index in [1.165, 1.54) is 19.3 Å². The van der Waals surface area contributed by atoms with Crippen LogP contribution in [0, 0.1) is 16.7 Å². The third-order valence-electron chi connectivity index (χ3n) is 7.87. The molecule has 0 aromatic heterocycles. The van der Waals surface area contributed by atoms with Crippen molar-refractivity contribution >= 4 is 0 Å². The van der Waals surface area contributed by atoms with Gasteiger partial charge >= 0.3 is 0 Å². The molecule has 3 rings (SSSR count). The monoisotopic (exact) mass is 338 g/mol. The first kappa shape index (κ1) is 18.6. The van der Waals surface area contributed by atoms with Crippen molar-refractivity contribution in [3.05, 3.63) is 0 Å². The normalized spacial score (nSPS) is 37.9. The fourth-order valence-electron chi connectivity index (χ4n) is 5.41. The molecule has 2 saturated carbocycles. The minimum atomic E-state index is -0.252. The zero-order chi connectivity index (χ0) is 17.4. The summed E-state index contributed by atoms with van der Waals surface area (Å²) >= 11 is 0. The molecule has 4 nitrogen and oxygen atoms in total. The molecule has 24 heavy (non-hydrogen) atoms. The van der Waals surface area contributed by atoms with Crippen LogP contribution in [0.3, 0.4) is 0 Å². The summed E-state index contributed by atoms with van der Waals surface area (Å²) in [6.07, 6.45) is 4.81. The molecule has 3 fully saturated rings. The second-order valence-corrected chi connectivity index (χ2v) is 9.15. The second-order valence-electron chi connectivity index (χ2n) is 9.15. The maximum Gasteiger partial charge on any atom is 0.0689 e. The second kappa shape index (κ2) is 7.22. The standard InChI is InChI=1S/C20H38N2O2/c1-5-21-9-11-22(12-10-21)15-17(23)7-13-24-18-14-16-6-8-20(18,4)19(16,2)3/h16-18,23H,5-15H2,1-4H3/t16-,17-,18+,20-/m0/s1. The number of piperazine rings is 1. The Morgan fingerprint density at radius 3 is 2.33 bits per heavy atom. The van der Waals surface area contributed by atoms with Gasteiger partial charge in [0.05, 0.1) is 12.2 Å². The molecular formula is C20H38N2O2. The molecule has 3 aliphatic rings. The molecule has 4 atom stereocenters. The summed E-state index contributed by atoms with van der Waals surface area (Å²) in [4.78, 5) is 4.88. The highest BCUT2D eigenvalue weighted by Gasteiger charge is 2.61. The molecule has 2 bridgehead atoms. The zero-order valence-corrected chi connectivity index (χ0v) is 16.3. The Bertz CT molecular complexity index is 420. The Morgan fingerprint density at radius 2 is 1.79 bits per heavy atom. The van der Waals surface area contributed by atoms with Crippen LogP contribution in [-0.4, -0.2) is 73.0 Å². The maximum atomic E-state index is 10.4. The van der Waals surface area contributed by atoms with Crippen LogP contribution in [0.25, 0.3) is 0 Å². The van der Waals surface area contributed by atoms with Gasteiger partial charge in [-0.1, -0.05) is 27.7 Å². The third-order valence-corrected chi connectivity index (χ3v) is 7.87. The molecule has 0 radical (unpaired) electrons. The van der Waals surface area contributed by atoms with Crippen LogP contribution in [0.5, 0.6) is 0 Å². The molecule has 0 unspecified atom stereocenters. The number of rotatable bonds is 7. The predicted molar refractivity (Wildman–Crippen MR) is 98.1 cm³/mol. The Labute approximate surface area is 148 Å². The van der Waals surface area contributed by atoms with Gasteiger partial charge in [0.2, 0.25) is 0 Å². The summed E-state index contributed by atoms with van der Waals surface area (Å²) in [5.41, 5.74) is 0.744. The molecule has 1 N–H and O–H groups in total. The largest absolute Gasteiger partial charge is 0.392 e. The van der Waals surface area contributed by atoms with Gasteiger partial charge in [-0.3, -0.25) is 4.90 Å². The number of hydrogen-bond donors (Lipinski definition) is 1. The van der Waals surface area contributed by atoms with Crippen LogP contribution < -0.4 is 0 Å². The first-order valence-electron chi connectivity index (χ1n) is 10.1. The highest BCUT2D eigenvalue weighted by Crippen LogP contribution is 2.66. The van der Waals surface area contributed by atoms with E-state index in [9.17, 15) is 5.11 Å². The molecule has 4 heteroatoms. The number of aliphatic hydroxyl groups excluding tert-OH is 1. The highest BCUT2D eigenvalue weighted by molar-refractivity contribution is 5.11. The SMILES string of the molecule is CCN1CCN(C[C@@H](O)CCO[C@@H]2C[C@@H]3CC[C@]2(C)C3(C)C)CC1. The Kier molecular flexibility index (Phi) is 5.60. The summed E-state index contributed by atoms with van der Waals surface area (Å²) in [7, 11) is 0. The molecule has 0 amide bonds. The van der Waals surface area contributed by atoms with Gasteiger partial charge in [-0.2, -0.15) is 0 Å². The van der Waals surface area contributed by atoms with Crippen molar-refractivity contribution in [3.8, 4) is 0 Å². The lowest BCUT2D eigenvalue weighted by atomic mass is 9.70. The number of likely N-dealkylation sites (N-methyl/N-ethyl adjacent to an activating group) is 1. The fraction of sp³-hybridized carbons (Fsp3) is 1.00. The third kappa shape index (κ3) is 3.40. The van der Waals surface area contributed by atoms with Crippen molar-refractivity contribution in [2.24, 2.45) is 16.7 Å². The van der Waals surface area contributed by atoms with E-state index in [0.29, 0.717) is 23.5 Å². The van der Waals surface area contributed by atoms with E-state index in [2.05, 4.69) is 37.5 Å². The van der Waals surface area contributed by atoms with E-state index >= 15 is 0 Å². The Balaban J connectivity index is 1.37. The van der Waals surface area contributed by atoms with Crippen LogP contribution >= 0.6 is 0 Å². The van der Waals surface area contributed by atoms with Gasteiger partial charge in [-0.15, -0.1) is 0 Å². The van der Waals surface area contributed by atoms with Gasteiger partial charge in [0.25, 0.3) is 0 Å². The zero-order valence-electron chi connectivity index (χ0n) is 16.3. The number of β-amino-alcohol motifs (C(OH)–C–C–N with tert-alkyl or cyclic N) is 1. The van der Waals surface area contributed by atoms with Crippen molar-refractivity contribution in [2.45, 2.75) is 65.6 Å². The van der Waals surface area contributed by atoms with Crippen molar-refractivity contribution in [1.82, 2.24) is 9.80 Å². The topological polar surface area (TPSA) is 35.9 Å². The quantitative estimate of drug-likeness (QED) is 0.774. The average molecular weight is 339 g/mol. The fourth-order valence-corrected chi connectivity index (χ4v) is 5.41. The lowest BCUT2D eigenvalue weighted by molar-refractivity contribution is -0.0570. The molecular weight excluding hydrogens is 300 g/mol. The van der Waals surface area contributed by atoms with Crippen molar-refractivity contribution in [2.75, 3.05) is 45.9 Å². The number of ether oxygens (including phenoxy) is 1. The van der Waals surface area contributed by atoms with E-state index in [1.54, 1.807) is 0 Å². The van der Waals surface area contributed by atoms with Gasteiger partial charge in [0.1, 0.15) is 0 Å². The van der Waals surface area contributed by atoms with Crippen LogP contribution in [0.4, 0.5) is 0 Å². The van der Waals surface area contributed by atoms with Gasteiger partial charge in [0, 0.05) is 39.3 Å². The predicted octanol–water partition coefficient (Wildman–Crippen LogP) is 2.61. The van der Waals surface area contributed by atoms with Crippen LogP contribution in [0.15, 0.2) is 0 Å². The van der Waals surface area contributed by atoms with Crippen LogP contribution in [-0.2, 0) is 4.74 Å². The van der Waals surface area contributed by atoms with Gasteiger partial charge < -0.3 is 14.7 Å². The molecule has 140 valence electrons. The average Bonchev–Trinajstić information content (AvgIpc) is 2.89. The van der Waals surface area contributed by atoms with Crippen molar-refractivity contribution < 1.29 is 9.84 Å². The summed E-state index contributed by atoms with van der Waals surface area (Å²) in [6.45, 7) is 16.6. The Hall–Kier alpha value is -0.160. The maximum absolute atomic E-state index is 10.4. The lowest BCUT2D eigenvalue weighted by Crippen LogP contribution is -2.48. The van der Waals surface area contributed by atoms with Gasteiger partial charge in [-0.05, 0) is 49.0 Å².